The number of benzene rings is 1. The zero-order valence-corrected chi connectivity index (χ0v) is 11.9. The number of nitrogens with one attached hydrogen (secondary N) is 1. The van der Waals surface area contributed by atoms with E-state index in [-0.39, 0.29) is 17.6 Å². The Morgan fingerprint density at radius 1 is 1.45 bits per heavy atom. The number of halogens is 1. The van der Waals surface area contributed by atoms with Crippen molar-refractivity contribution in [3.8, 4) is 0 Å². The van der Waals surface area contributed by atoms with Gasteiger partial charge in [-0.1, -0.05) is 11.6 Å². The van der Waals surface area contributed by atoms with Crippen LogP contribution in [0.5, 0.6) is 0 Å². The fourth-order valence-electron chi connectivity index (χ4n) is 2.34. The van der Waals surface area contributed by atoms with E-state index in [1.807, 2.05) is 0 Å². The van der Waals surface area contributed by atoms with E-state index in [1.54, 1.807) is 17.9 Å². The molecular formula is C13H16ClN3O3. The largest absolute Gasteiger partial charge is 0.377 e. The van der Waals surface area contributed by atoms with Gasteiger partial charge in [-0.15, -0.1) is 0 Å². The average Bonchev–Trinajstić information content (AvgIpc) is 2.39. The van der Waals surface area contributed by atoms with E-state index in [2.05, 4.69) is 5.32 Å². The van der Waals surface area contributed by atoms with E-state index in [4.69, 9.17) is 11.6 Å². The number of hydrogen-bond acceptors (Lipinski definition) is 4. The van der Waals surface area contributed by atoms with E-state index in [0.29, 0.717) is 23.8 Å². The first-order valence-electron chi connectivity index (χ1n) is 6.43. The molecule has 1 heterocycles. The number of carbonyl (C=O) groups excluding carboxylic acids is 1. The Morgan fingerprint density at radius 2 is 2.10 bits per heavy atom. The summed E-state index contributed by atoms with van der Waals surface area (Å²) >= 11 is 5.89. The summed E-state index contributed by atoms with van der Waals surface area (Å²) < 4.78 is 0. The predicted octanol–water partition coefficient (Wildman–Crippen LogP) is 2.67. The normalized spacial score (nSPS) is 16.0. The molecule has 1 aromatic carbocycles. The third kappa shape index (κ3) is 3.39. The molecule has 108 valence electrons. The van der Waals surface area contributed by atoms with Gasteiger partial charge in [0.05, 0.1) is 4.92 Å². The summed E-state index contributed by atoms with van der Waals surface area (Å²) in [5, 5.41) is 14.6. The van der Waals surface area contributed by atoms with Crippen LogP contribution in [0.3, 0.4) is 0 Å². The van der Waals surface area contributed by atoms with Crippen LogP contribution in [-0.2, 0) is 4.79 Å². The minimum atomic E-state index is -0.427. The number of likely N-dealkylation sites (tertiary alicyclic amines) is 1. The number of amides is 1. The van der Waals surface area contributed by atoms with Gasteiger partial charge in [0.15, 0.2) is 0 Å². The molecule has 1 N–H and O–H groups in total. The van der Waals surface area contributed by atoms with Crippen LogP contribution in [0, 0.1) is 10.1 Å². The summed E-state index contributed by atoms with van der Waals surface area (Å²) in [5.74, 6) is 0.0668. The maximum Gasteiger partial charge on any atom is 0.292 e. The minimum absolute atomic E-state index is 0.0170. The molecule has 1 aliphatic rings. The summed E-state index contributed by atoms with van der Waals surface area (Å²) in [4.78, 5) is 23.6. The van der Waals surface area contributed by atoms with Crippen LogP contribution >= 0.6 is 11.6 Å². The van der Waals surface area contributed by atoms with Crippen LogP contribution in [0.1, 0.15) is 19.8 Å². The number of anilines is 1. The Kier molecular flexibility index (Phi) is 4.44. The van der Waals surface area contributed by atoms with Crippen LogP contribution in [0.25, 0.3) is 0 Å². The van der Waals surface area contributed by atoms with Gasteiger partial charge in [0.2, 0.25) is 5.91 Å². The van der Waals surface area contributed by atoms with Crippen molar-refractivity contribution in [1.82, 2.24) is 4.90 Å². The first-order chi connectivity index (χ1) is 9.47. The summed E-state index contributed by atoms with van der Waals surface area (Å²) in [5.41, 5.74) is 0.451. The number of nitro benzene ring substituents is 1. The Balaban J connectivity index is 2.06. The average molecular weight is 298 g/mol. The Morgan fingerprint density at radius 3 is 2.65 bits per heavy atom. The molecule has 2 rings (SSSR count). The second kappa shape index (κ2) is 6.09. The molecule has 6 nitrogen and oxygen atoms in total. The lowest BCUT2D eigenvalue weighted by atomic mass is 10.0. The molecule has 1 aliphatic heterocycles. The summed E-state index contributed by atoms with van der Waals surface area (Å²) in [6.45, 7) is 2.89. The first-order valence-corrected chi connectivity index (χ1v) is 6.81. The highest BCUT2D eigenvalue weighted by atomic mass is 35.5. The lowest BCUT2D eigenvalue weighted by molar-refractivity contribution is -0.384. The van der Waals surface area contributed by atoms with Crippen molar-refractivity contribution < 1.29 is 9.72 Å². The van der Waals surface area contributed by atoms with Crippen LogP contribution < -0.4 is 5.32 Å². The van der Waals surface area contributed by atoms with Crippen LogP contribution in [0.4, 0.5) is 11.4 Å². The van der Waals surface area contributed by atoms with Crippen molar-refractivity contribution in [3.05, 3.63) is 33.3 Å². The van der Waals surface area contributed by atoms with E-state index in [9.17, 15) is 14.9 Å². The zero-order valence-electron chi connectivity index (χ0n) is 11.1. The summed E-state index contributed by atoms with van der Waals surface area (Å²) in [7, 11) is 0. The SMILES string of the molecule is CC(=O)N1CCC(Nc2cc(Cl)ccc2[N+](=O)[O-])CC1. The maximum absolute atomic E-state index is 11.3. The summed E-state index contributed by atoms with van der Waals surface area (Å²) in [6.07, 6.45) is 1.53. The van der Waals surface area contributed by atoms with Gasteiger partial charge in [-0.2, -0.15) is 0 Å². The number of piperidine rings is 1. The Bertz CT molecular complexity index is 528. The smallest absolute Gasteiger partial charge is 0.292 e. The van der Waals surface area contributed by atoms with E-state index in [1.165, 1.54) is 12.1 Å². The van der Waals surface area contributed by atoms with Gasteiger partial charge in [-0.05, 0) is 25.0 Å². The number of nitro groups is 1. The number of nitrogens with zero attached hydrogens (tertiary/aromatic N) is 2. The topological polar surface area (TPSA) is 75.5 Å². The van der Waals surface area contributed by atoms with Crippen molar-refractivity contribution in [1.29, 1.82) is 0 Å². The van der Waals surface area contributed by atoms with Crippen molar-refractivity contribution in [2.24, 2.45) is 0 Å². The minimum Gasteiger partial charge on any atom is -0.377 e. The molecule has 1 aromatic rings. The van der Waals surface area contributed by atoms with Crippen molar-refractivity contribution in [2.45, 2.75) is 25.8 Å². The third-order valence-corrected chi connectivity index (χ3v) is 3.69. The summed E-state index contributed by atoms with van der Waals surface area (Å²) in [6, 6.07) is 4.58. The zero-order chi connectivity index (χ0) is 14.7. The van der Waals surface area contributed by atoms with Gasteiger partial charge in [0.25, 0.3) is 5.69 Å². The first kappa shape index (κ1) is 14.6. The van der Waals surface area contributed by atoms with E-state index < -0.39 is 4.92 Å². The molecule has 20 heavy (non-hydrogen) atoms. The van der Waals surface area contributed by atoms with Gasteiger partial charge in [0, 0.05) is 37.1 Å². The number of hydrogen-bond donors (Lipinski definition) is 1. The Labute approximate surface area is 121 Å². The number of rotatable bonds is 3. The van der Waals surface area contributed by atoms with E-state index >= 15 is 0 Å². The second-order valence-corrected chi connectivity index (χ2v) is 5.28. The molecule has 0 saturated carbocycles. The molecule has 1 saturated heterocycles. The molecular weight excluding hydrogens is 282 g/mol. The van der Waals surface area contributed by atoms with Gasteiger partial charge < -0.3 is 10.2 Å². The van der Waals surface area contributed by atoms with Crippen molar-refractivity contribution >= 4 is 28.9 Å². The molecule has 0 radical (unpaired) electrons. The molecule has 0 atom stereocenters. The fraction of sp³-hybridized carbons (Fsp3) is 0.462. The van der Waals surface area contributed by atoms with E-state index in [0.717, 1.165) is 12.8 Å². The molecule has 0 spiro atoms. The van der Waals surface area contributed by atoms with Crippen LogP contribution in [0.2, 0.25) is 5.02 Å². The molecule has 7 heteroatoms. The van der Waals surface area contributed by atoms with Crippen molar-refractivity contribution in [3.63, 3.8) is 0 Å². The molecule has 1 amide bonds. The Hall–Kier alpha value is -1.82. The lowest BCUT2D eigenvalue weighted by Crippen LogP contribution is -2.41. The third-order valence-electron chi connectivity index (χ3n) is 3.46. The van der Waals surface area contributed by atoms with Crippen LogP contribution in [-0.4, -0.2) is 34.9 Å². The van der Waals surface area contributed by atoms with Gasteiger partial charge in [0.1, 0.15) is 5.69 Å². The highest BCUT2D eigenvalue weighted by Crippen LogP contribution is 2.29. The highest BCUT2D eigenvalue weighted by Gasteiger charge is 2.23. The molecule has 0 aromatic heterocycles. The second-order valence-electron chi connectivity index (χ2n) is 4.84. The predicted molar refractivity (Wildman–Crippen MR) is 77.0 cm³/mol. The molecule has 0 unspecified atom stereocenters. The lowest BCUT2D eigenvalue weighted by Gasteiger charge is -2.32. The monoisotopic (exact) mass is 297 g/mol. The van der Waals surface area contributed by atoms with Gasteiger partial charge >= 0.3 is 0 Å². The van der Waals surface area contributed by atoms with Gasteiger partial charge in [-0.3, -0.25) is 14.9 Å². The van der Waals surface area contributed by atoms with Crippen molar-refractivity contribution in [2.75, 3.05) is 18.4 Å². The van der Waals surface area contributed by atoms with Crippen LogP contribution in [0.15, 0.2) is 18.2 Å². The van der Waals surface area contributed by atoms with Gasteiger partial charge in [-0.25, -0.2) is 0 Å². The maximum atomic E-state index is 11.3. The quantitative estimate of drug-likeness (QED) is 0.687. The standard InChI is InChI=1S/C13H16ClN3O3/c1-9(18)16-6-4-11(5-7-16)15-12-8-10(14)2-3-13(12)17(19)20/h2-3,8,11,15H,4-7H2,1H3. The highest BCUT2D eigenvalue weighted by molar-refractivity contribution is 6.31. The molecule has 1 fully saturated rings. The fourth-order valence-corrected chi connectivity index (χ4v) is 2.51. The number of carbonyl (C=O) groups is 1. The molecule has 0 aliphatic carbocycles. The molecule has 0 bridgehead atoms.